The molecule has 1 aliphatic rings. The first-order chi connectivity index (χ1) is 9.09. The first-order valence-electron chi connectivity index (χ1n) is 9.09. The maximum absolute atomic E-state index is 2.46. The Labute approximate surface area is 122 Å². The van der Waals surface area contributed by atoms with Crippen molar-refractivity contribution in [3.8, 4) is 0 Å². The molecule has 1 saturated carbocycles. The third kappa shape index (κ3) is 9.52. The van der Waals surface area contributed by atoms with Gasteiger partial charge in [0.15, 0.2) is 0 Å². The normalized spacial score (nSPS) is 18.8. The molecule has 0 heteroatoms. The highest BCUT2D eigenvalue weighted by Crippen LogP contribution is 2.34. The van der Waals surface area contributed by atoms with Crippen molar-refractivity contribution >= 4 is 0 Å². The molecule has 0 aliphatic heterocycles. The zero-order valence-electron chi connectivity index (χ0n) is 14.1. The van der Waals surface area contributed by atoms with Gasteiger partial charge in [-0.2, -0.15) is 0 Å². The minimum Gasteiger partial charge on any atom is -0.0625 e. The Morgan fingerprint density at radius 2 is 1.37 bits per heavy atom. The van der Waals surface area contributed by atoms with Crippen molar-refractivity contribution in [2.75, 3.05) is 0 Å². The van der Waals surface area contributed by atoms with E-state index in [2.05, 4.69) is 27.7 Å². The van der Waals surface area contributed by atoms with E-state index < -0.39 is 0 Å². The van der Waals surface area contributed by atoms with Crippen LogP contribution in [0, 0.1) is 23.7 Å². The zero-order chi connectivity index (χ0) is 14.1. The highest BCUT2D eigenvalue weighted by atomic mass is 14.3. The summed E-state index contributed by atoms with van der Waals surface area (Å²) in [7, 11) is 0. The highest BCUT2D eigenvalue weighted by molar-refractivity contribution is 4.72. The topological polar surface area (TPSA) is 0 Å². The molecular formula is C19H38. The van der Waals surface area contributed by atoms with E-state index in [1.165, 1.54) is 70.6 Å². The molecule has 19 heavy (non-hydrogen) atoms. The molecular weight excluding hydrogens is 228 g/mol. The molecule has 2 atom stereocenters. The molecule has 0 nitrogen and oxygen atoms in total. The van der Waals surface area contributed by atoms with E-state index in [1.54, 1.807) is 0 Å². The van der Waals surface area contributed by atoms with Crippen molar-refractivity contribution in [1.82, 2.24) is 0 Å². The SMILES string of the molecule is CC(CCCCCCC1CC1)CCCC(C)C(C)C. The van der Waals surface area contributed by atoms with Gasteiger partial charge in [-0.25, -0.2) is 0 Å². The van der Waals surface area contributed by atoms with Crippen LogP contribution in [0.2, 0.25) is 0 Å². The van der Waals surface area contributed by atoms with E-state index in [1.807, 2.05) is 0 Å². The highest BCUT2D eigenvalue weighted by Gasteiger charge is 2.19. The van der Waals surface area contributed by atoms with E-state index in [-0.39, 0.29) is 0 Å². The lowest BCUT2D eigenvalue weighted by Gasteiger charge is -2.17. The van der Waals surface area contributed by atoms with Gasteiger partial charge in [0, 0.05) is 0 Å². The van der Waals surface area contributed by atoms with Crippen molar-refractivity contribution in [2.24, 2.45) is 23.7 Å². The Balaban J connectivity index is 1.82. The third-order valence-electron chi connectivity index (χ3n) is 5.25. The molecule has 0 radical (unpaired) electrons. The summed E-state index contributed by atoms with van der Waals surface area (Å²) in [4.78, 5) is 0. The second-order valence-electron chi connectivity index (χ2n) is 7.69. The fourth-order valence-electron chi connectivity index (χ4n) is 2.95. The summed E-state index contributed by atoms with van der Waals surface area (Å²) in [6.45, 7) is 9.59. The van der Waals surface area contributed by atoms with Gasteiger partial charge < -0.3 is 0 Å². The molecule has 0 aromatic heterocycles. The fraction of sp³-hybridized carbons (Fsp3) is 1.00. The summed E-state index contributed by atoms with van der Waals surface area (Å²) in [6, 6.07) is 0. The molecule has 0 bridgehead atoms. The zero-order valence-corrected chi connectivity index (χ0v) is 14.1. The second-order valence-corrected chi connectivity index (χ2v) is 7.69. The molecule has 1 rings (SSSR count). The first kappa shape index (κ1) is 17.1. The molecule has 1 fully saturated rings. The molecule has 114 valence electrons. The lowest BCUT2D eigenvalue weighted by atomic mass is 9.89. The molecule has 0 aromatic rings. The summed E-state index contributed by atoms with van der Waals surface area (Å²) < 4.78 is 0. The van der Waals surface area contributed by atoms with Crippen LogP contribution in [0.3, 0.4) is 0 Å². The molecule has 0 aromatic carbocycles. The van der Waals surface area contributed by atoms with E-state index >= 15 is 0 Å². The second kappa shape index (κ2) is 9.83. The molecule has 1 aliphatic carbocycles. The number of rotatable bonds is 12. The Hall–Kier alpha value is 0. The maximum atomic E-state index is 2.46. The smallest absolute Gasteiger partial charge is 0.0414 e. The molecule has 0 saturated heterocycles. The Morgan fingerprint density at radius 1 is 0.737 bits per heavy atom. The fourth-order valence-corrected chi connectivity index (χ4v) is 2.95. The van der Waals surface area contributed by atoms with Crippen LogP contribution >= 0.6 is 0 Å². The Kier molecular flexibility index (Phi) is 8.83. The van der Waals surface area contributed by atoms with Crippen LogP contribution in [0.25, 0.3) is 0 Å². The van der Waals surface area contributed by atoms with Crippen molar-refractivity contribution < 1.29 is 0 Å². The summed E-state index contributed by atoms with van der Waals surface area (Å²) in [5.41, 5.74) is 0. The number of hydrogen-bond acceptors (Lipinski definition) is 0. The van der Waals surface area contributed by atoms with Gasteiger partial charge >= 0.3 is 0 Å². The third-order valence-corrected chi connectivity index (χ3v) is 5.25. The minimum absolute atomic E-state index is 0.863. The molecule has 0 heterocycles. The lowest BCUT2D eigenvalue weighted by molar-refractivity contribution is 0.353. The summed E-state index contributed by atoms with van der Waals surface area (Å²) >= 11 is 0. The van der Waals surface area contributed by atoms with Crippen LogP contribution in [0.4, 0.5) is 0 Å². The van der Waals surface area contributed by atoms with Crippen LogP contribution in [-0.2, 0) is 0 Å². The Morgan fingerprint density at radius 3 is 2.00 bits per heavy atom. The van der Waals surface area contributed by atoms with Gasteiger partial charge in [-0.15, -0.1) is 0 Å². The van der Waals surface area contributed by atoms with E-state index in [4.69, 9.17) is 0 Å². The molecule has 2 unspecified atom stereocenters. The van der Waals surface area contributed by atoms with Crippen LogP contribution in [0.5, 0.6) is 0 Å². The van der Waals surface area contributed by atoms with Gasteiger partial charge in [0.2, 0.25) is 0 Å². The summed E-state index contributed by atoms with van der Waals surface area (Å²) in [6.07, 6.45) is 16.4. The molecule has 0 spiro atoms. The van der Waals surface area contributed by atoms with Crippen molar-refractivity contribution in [3.63, 3.8) is 0 Å². The van der Waals surface area contributed by atoms with Gasteiger partial charge in [-0.05, 0) is 23.7 Å². The summed E-state index contributed by atoms with van der Waals surface area (Å²) in [5, 5.41) is 0. The largest absolute Gasteiger partial charge is 0.0625 e. The van der Waals surface area contributed by atoms with E-state index in [9.17, 15) is 0 Å². The standard InChI is InChI=1S/C19H38/c1-16(2)18(4)12-9-11-17(3)10-7-5-6-8-13-19-14-15-19/h16-19H,5-15H2,1-4H3. The number of hydrogen-bond donors (Lipinski definition) is 0. The van der Waals surface area contributed by atoms with E-state index in [0.717, 1.165) is 23.7 Å². The van der Waals surface area contributed by atoms with Crippen LogP contribution in [0.15, 0.2) is 0 Å². The van der Waals surface area contributed by atoms with Gasteiger partial charge in [0.1, 0.15) is 0 Å². The van der Waals surface area contributed by atoms with Gasteiger partial charge in [0.05, 0.1) is 0 Å². The quantitative estimate of drug-likeness (QED) is 0.339. The van der Waals surface area contributed by atoms with Crippen molar-refractivity contribution in [1.29, 1.82) is 0 Å². The minimum atomic E-state index is 0.863. The monoisotopic (exact) mass is 266 g/mol. The summed E-state index contributed by atoms with van der Waals surface area (Å²) in [5.74, 6) is 3.88. The maximum Gasteiger partial charge on any atom is -0.0414 e. The van der Waals surface area contributed by atoms with Crippen LogP contribution in [0.1, 0.15) is 98.3 Å². The Bertz CT molecular complexity index is 202. The van der Waals surface area contributed by atoms with Gasteiger partial charge in [0.25, 0.3) is 0 Å². The molecule has 0 amide bonds. The molecule has 0 N–H and O–H groups in total. The average Bonchev–Trinajstić information content (AvgIpc) is 3.17. The van der Waals surface area contributed by atoms with E-state index in [0.29, 0.717) is 0 Å². The lowest BCUT2D eigenvalue weighted by Crippen LogP contribution is -2.04. The number of unbranched alkanes of at least 4 members (excludes halogenated alkanes) is 3. The van der Waals surface area contributed by atoms with Crippen molar-refractivity contribution in [2.45, 2.75) is 98.3 Å². The van der Waals surface area contributed by atoms with Crippen LogP contribution < -0.4 is 0 Å². The average molecular weight is 267 g/mol. The van der Waals surface area contributed by atoms with Gasteiger partial charge in [-0.1, -0.05) is 98.3 Å². The van der Waals surface area contributed by atoms with Crippen molar-refractivity contribution in [3.05, 3.63) is 0 Å². The predicted molar refractivity (Wildman–Crippen MR) is 87.4 cm³/mol. The first-order valence-corrected chi connectivity index (χ1v) is 9.09. The predicted octanol–water partition coefficient (Wildman–Crippen LogP) is 6.84. The van der Waals surface area contributed by atoms with Gasteiger partial charge in [-0.3, -0.25) is 0 Å². The van der Waals surface area contributed by atoms with Crippen LogP contribution in [-0.4, -0.2) is 0 Å².